The van der Waals surface area contributed by atoms with Gasteiger partial charge in [0.1, 0.15) is 0 Å². The highest BCUT2D eigenvalue weighted by Crippen LogP contribution is 2.23. The van der Waals surface area contributed by atoms with Gasteiger partial charge in [-0.15, -0.1) is 10.2 Å². The van der Waals surface area contributed by atoms with Crippen molar-refractivity contribution in [1.82, 2.24) is 19.2 Å². The highest BCUT2D eigenvalue weighted by atomic mass is 35.5. The molecule has 2 aromatic carbocycles. The minimum Gasteiger partial charge on any atom is -0.377 e. The molecule has 0 saturated carbocycles. The molecule has 0 atom stereocenters. The molecule has 0 saturated heterocycles. The van der Waals surface area contributed by atoms with Gasteiger partial charge >= 0.3 is 0 Å². The van der Waals surface area contributed by atoms with E-state index in [4.69, 9.17) is 11.6 Å². The lowest BCUT2D eigenvalue weighted by atomic mass is 10.2. The van der Waals surface area contributed by atoms with Gasteiger partial charge in [0.25, 0.3) is 5.56 Å². The van der Waals surface area contributed by atoms with Gasteiger partial charge in [0.15, 0.2) is 5.82 Å². The van der Waals surface area contributed by atoms with Gasteiger partial charge in [-0.2, -0.15) is 0 Å². The van der Waals surface area contributed by atoms with Gasteiger partial charge in [-0.3, -0.25) is 13.8 Å². The minimum atomic E-state index is -0.0827. The van der Waals surface area contributed by atoms with Gasteiger partial charge in [0.05, 0.1) is 17.4 Å². The molecule has 2 aromatic heterocycles. The molecule has 1 N–H and O–H groups in total. The van der Waals surface area contributed by atoms with E-state index >= 15 is 0 Å². The van der Waals surface area contributed by atoms with Crippen molar-refractivity contribution in [3.63, 3.8) is 0 Å². The average molecular weight is 354 g/mol. The van der Waals surface area contributed by atoms with Crippen molar-refractivity contribution in [2.24, 2.45) is 7.05 Å². The summed E-state index contributed by atoms with van der Waals surface area (Å²) in [6.45, 7) is 2.43. The molecular formula is C18H16ClN5O. The zero-order valence-corrected chi connectivity index (χ0v) is 14.6. The molecule has 0 aliphatic rings. The fourth-order valence-corrected chi connectivity index (χ4v) is 3.15. The molecule has 0 aliphatic carbocycles. The maximum atomic E-state index is 12.5. The summed E-state index contributed by atoms with van der Waals surface area (Å²) in [6.07, 6.45) is 0. The lowest BCUT2D eigenvalue weighted by Crippen LogP contribution is -2.20. The van der Waals surface area contributed by atoms with Crippen LogP contribution in [-0.4, -0.2) is 19.2 Å². The van der Waals surface area contributed by atoms with Crippen molar-refractivity contribution in [2.45, 2.75) is 13.5 Å². The number of aryl methyl sites for hydroxylation is 1. The lowest BCUT2D eigenvalue weighted by Gasteiger charge is -2.11. The maximum absolute atomic E-state index is 12.5. The predicted octanol–water partition coefficient (Wildman–Crippen LogP) is 3.16. The molecule has 25 heavy (non-hydrogen) atoms. The summed E-state index contributed by atoms with van der Waals surface area (Å²) < 4.78 is 3.42. The number of anilines is 1. The van der Waals surface area contributed by atoms with Crippen LogP contribution in [0.4, 0.5) is 5.69 Å². The minimum absolute atomic E-state index is 0.0827. The topological polar surface area (TPSA) is 64.2 Å². The number of rotatable bonds is 3. The molecule has 7 heteroatoms. The monoisotopic (exact) mass is 353 g/mol. The summed E-state index contributed by atoms with van der Waals surface area (Å²) in [7, 11) is 1.71. The number of halogens is 1. The highest BCUT2D eigenvalue weighted by Gasteiger charge is 2.14. The van der Waals surface area contributed by atoms with Gasteiger partial charge in [-0.25, -0.2) is 0 Å². The first-order chi connectivity index (χ1) is 12.1. The van der Waals surface area contributed by atoms with Crippen molar-refractivity contribution < 1.29 is 0 Å². The normalized spacial score (nSPS) is 11.3. The Morgan fingerprint density at radius 3 is 2.76 bits per heavy atom. The number of nitrogens with one attached hydrogen (secondary N) is 1. The van der Waals surface area contributed by atoms with E-state index < -0.39 is 0 Å². The molecule has 0 aliphatic heterocycles. The Kier molecular flexibility index (Phi) is 3.69. The third-order valence-corrected chi connectivity index (χ3v) is 4.81. The van der Waals surface area contributed by atoms with Gasteiger partial charge in [0.2, 0.25) is 5.78 Å². The molecule has 2 heterocycles. The first kappa shape index (κ1) is 15.7. The number of nitrogens with zero attached hydrogens (tertiary/aromatic N) is 4. The standard InChI is InChI=1S/C18H16ClN5O/c1-11-13(19)7-5-8-14(11)20-10-16-21-22-18-23(2)17(25)12-6-3-4-9-15(12)24(16)18/h3-9,20H,10H2,1-2H3. The average Bonchev–Trinajstić information content (AvgIpc) is 3.05. The summed E-state index contributed by atoms with van der Waals surface area (Å²) in [5.74, 6) is 1.24. The molecule has 0 amide bonds. The van der Waals surface area contributed by atoms with Crippen molar-refractivity contribution in [2.75, 3.05) is 5.32 Å². The Morgan fingerprint density at radius 1 is 1.12 bits per heavy atom. The second-order valence-corrected chi connectivity index (χ2v) is 6.31. The Bertz CT molecular complexity index is 1160. The van der Waals surface area contributed by atoms with Gasteiger partial charge < -0.3 is 5.32 Å². The molecule has 0 bridgehead atoms. The fraction of sp³-hybridized carbons (Fsp3) is 0.167. The quantitative estimate of drug-likeness (QED) is 0.614. The van der Waals surface area contributed by atoms with E-state index in [-0.39, 0.29) is 5.56 Å². The Morgan fingerprint density at radius 2 is 1.92 bits per heavy atom. The third kappa shape index (κ3) is 2.46. The predicted molar refractivity (Wildman–Crippen MR) is 99.2 cm³/mol. The lowest BCUT2D eigenvalue weighted by molar-refractivity contribution is 0.855. The smallest absolute Gasteiger partial charge is 0.262 e. The van der Waals surface area contributed by atoms with E-state index in [0.717, 1.165) is 22.6 Å². The molecule has 0 radical (unpaired) electrons. The summed E-state index contributed by atoms with van der Waals surface area (Å²) in [4.78, 5) is 12.5. The maximum Gasteiger partial charge on any atom is 0.262 e. The largest absolute Gasteiger partial charge is 0.377 e. The molecule has 6 nitrogen and oxygen atoms in total. The first-order valence-corrected chi connectivity index (χ1v) is 8.26. The number of benzene rings is 2. The molecule has 0 spiro atoms. The van der Waals surface area contributed by atoms with Gasteiger partial charge in [-0.05, 0) is 36.8 Å². The van der Waals surface area contributed by atoms with Gasteiger partial charge in [-0.1, -0.05) is 29.8 Å². The van der Waals surface area contributed by atoms with E-state index in [1.807, 2.05) is 53.8 Å². The van der Waals surface area contributed by atoms with Crippen LogP contribution in [0.2, 0.25) is 5.02 Å². The Hall–Kier alpha value is -2.86. The molecular weight excluding hydrogens is 338 g/mol. The number of para-hydroxylation sites is 1. The summed E-state index contributed by atoms with van der Waals surface area (Å²) in [5, 5.41) is 13.2. The van der Waals surface area contributed by atoms with Crippen molar-refractivity contribution >= 4 is 34.0 Å². The van der Waals surface area contributed by atoms with E-state index in [1.165, 1.54) is 4.57 Å². The number of hydrogen-bond acceptors (Lipinski definition) is 4. The molecule has 4 aromatic rings. The molecule has 0 fully saturated rings. The van der Waals surface area contributed by atoms with E-state index in [9.17, 15) is 4.79 Å². The SMILES string of the molecule is Cc1c(Cl)cccc1NCc1nnc2n(C)c(=O)c3ccccc3n12. The van der Waals surface area contributed by atoms with Crippen LogP contribution < -0.4 is 10.9 Å². The summed E-state index contributed by atoms with van der Waals surface area (Å²) in [6, 6.07) is 13.2. The Balaban J connectivity index is 1.83. The van der Waals surface area contributed by atoms with Crippen LogP contribution in [0.15, 0.2) is 47.3 Å². The highest BCUT2D eigenvalue weighted by molar-refractivity contribution is 6.31. The zero-order chi connectivity index (χ0) is 17.6. The number of fused-ring (bicyclic) bond motifs is 3. The second-order valence-electron chi connectivity index (χ2n) is 5.90. The van der Waals surface area contributed by atoms with Crippen LogP contribution in [-0.2, 0) is 13.6 Å². The van der Waals surface area contributed by atoms with Crippen molar-refractivity contribution in [1.29, 1.82) is 0 Å². The molecule has 4 rings (SSSR count). The van der Waals surface area contributed by atoms with E-state index in [0.29, 0.717) is 22.7 Å². The molecule has 0 unspecified atom stereocenters. The first-order valence-electron chi connectivity index (χ1n) is 7.88. The summed E-state index contributed by atoms with van der Waals surface area (Å²) in [5.41, 5.74) is 2.64. The van der Waals surface area contributed by atoms with Crippen LogP contribution >= 0.6 is 11.6 Å². The van der Waals surface area contributed by atoms with Crippen molar-refractivity contribution in [3.8, 4) is 0 Å². The fourth-order valence-electron chi connectivity index (χ4n) is 2.98. The zero-order valence-electron chi connectivity index (χ0n) is 13.8. The third-order valence-electron chi connectivity index (χ3n) is 4.40. The van der Waals surface area contributed by atoms with E-state index in [1.54, 1.807) is 7.05 Å². The van der Waals surface area contributed by atoms with Crippen LogP contribution in [0.25, 0.3) is 16.7 Å². The van der Waals surface area contributed by atoms with Crippen molar-refractivity contribution in [3.05, 3.63) is 69.2 Å². The summed E-state index contributed by atoms with van der Waals surface area (Å²) >= 11 is 6.17. The van der Waals surface area contributed by atoms with Crippen LogP contribution in [0.3, 0.4) is 0 Å². The second kappa shape index (κ2) is 5.89. The van der Waals surface area contributed by atoms with Crippen LogP contribution in [0.5, 0.6) is 0 Å². The number of hydrogen-bond donors (Lipinski definition) is 1. The van der Waals surface area contributed by atoms with Crippen LogP contribution in [0, 0.1) is 6.92 Å². The molecule has 126 valence electrons. The number of aromatic nitrogens is 4. The van der Waals surface area contributed by atoms with Crippen LogP contribution in [0.1, 0.15) is 11.4 Å². The van der Waals surface area contributed by atoms with Gasteiger partial charge in [0, 0.05) is 17.8 Å². The van der Waals surface area contributed by atoms with E-state index in [2.05, 4.69) is 15.5 Å². The Labute approximate surface area is 148 Å².